The van der Waals surface area contributed by atoms with E-state index in [1.54, 1.807) is 6.20 Å². The van der Waals surface area contributed by atoms with Crippen molar-refractivity contribution in [3.8, 4) is 11.5 Å². The number of hydrogen-bond donors (Lipinski definition) is 1. The highest BCUT2D eigenvalue weighted by Crippen LogP contribution is 2.21. The van der Waals surface area contributed by atoms with E-state index < -0.39 is 0 Å². The number of imidazole rings is 1. The summed E-state index contributed by atoms with van der Waals surface area (Å²) in [6.07, 6.45) is 3.54. The average molecular weight is 209 g/mol. The highest BCUT2D eigenvalue weighted by molar-refractivity contribution is 5.84. The molecule has 78 valence electrons. The highest BCUT2D eigenvalue weighted by atomic mass is 14.9. The van der Waals surface area contributed by atoms with Crippen molar-refractivity contribution in [3.63, 3.8) is 0 Å². The van der Waals surface area contributed by atoms with Gasteiger partial charge in [0.15, 0.2) is 5.82 Å². The maximum absolute atomic E-state index is 4.58. The molecule has 2 heterocycles. The largest absolute Gasteiger partial charge is 0.343 e. The summed E-state index contributed by atoms with van der Waals surface area (Å²) in [7, 11) is 0. The number of para-hydroxylation sites is 1. The van der Waals surface area contributed by atoms with E-state index in [-0.39, 0.29) is 0 Å². The molecule has 0 amide bonds. The molecule has 1 aromatic carbocycles. The third-order valence-electron chi connectivity index (χ3n) is 2.66. The third-order valence-corrected chi connectivity index (χ3v) is 2.66. The summed E-state index contributed by atoms with van der Waals surface area (Å²) in [4.78, 5) is 11.9. The zero-order valence-electron chi connectivity index (χ0n) is 8.94. The average Bonchev–Trinajstić information content (AvgIpc) is 2.82. The Morgan fingerprint density at radius 2 is 2.06 bits per heavy atom. The van der Waals surface area contributed by atoms with Gasteiger partial charge in [-0.1, -0.05) is 18.2 Å². The van der Waals surface area contributed by atoms with Crippen molar-refractivity contribution in [2.24, 2.45) is 0 Å². The van der Waals surface area contributed by atoms with Gasteiger partial charge in [0, 0.05) is 17.8 Å². The summed E-state index contributed by atoms with van der Waals surface area (Å²) < 4.78 is 0. The normalized spacial score (nSPS) is 10.8. The molecule has 0 aliphatic carbocycles. The molecule has 1 N–H and O–H groups in total. The van der Waals surface area contributed by atoms with Crippen LogP contribution in [-0.2, 0) is 0 Å². The molecule has 3 aromatic rings. The summed E-state index contributed by atoms with van der Waals surface area (Å²) in [6, 6.07) is 10.2. The van der Waals surface area contributed by atoms with Crippen LogP contribution >= 0.6 is 0 Å². The van der Waals surface area contributed by atoms with E-state index in [0.29, 0.717) is 0 Å². The number of fused-ring (bicyclic) bond motifs is 1. The number of rotatable bonds is 1. The van der Waals surface area contributed by atoms with Crippen molar-refractivity contribution in [1.29, 1.82) is 0 Å². The Morgan fingerprint density at radius 1 is 1.19 bits per heavy atom. The van der Waals surface area contributed by atoms with Crippen LogP contribution in [0.5, 0.6) is 0 Å². The van der Waals surface area contributed by atoms with E-state index in [0.717, 1.165) is 17.0 Å². The lowest BCUT2D eigenvalue weighted by atomic mass is 10.1. The van der Waals surface area contributed by atoms with E-state index in [9.17, 15) is 0 Å². The number of hydrogen-bond acceptors (Lipinski definition) is 2. The minimum absolute atomic E-state index is 0.814. The molecule has 0 radical (unpaired) electrons. The van der Waals surface area contributed by atoms with Crippen molar-refractivity contribution in [3.05, 3.63) is 48.3 Å². The topological polar surface area (TPSA) is 41.6 Å². The van der Waals surface area contributed by atoms with Crippen LogP contribution in [0, 0.1) is 6.92 Å². The van der Waals surface area contributed by atoms with Gasteiger partial charge in [0.1, 0.15) is 5.69 Å². The van der Waals surface area contributed by atoms with Crippen LogP contribution in [0.2, 0.25) is 0 Å². The third kappa shape index (κ3) is 1.37. The SMILES string of the molecule is Cc1cc(-c2ncc[nH]2)nc2ccccc12. The Hall–Kier alpha value is -2.16. The Kier molecular flexibility index (Phi) is 1.96. The van der Waals surface area contributed by atoms with Crippen LogP contribution in [0.25, 0.3) is 22.4 Å². The Bertz CT molecular complexity index is 627. The van der Waals surface area contributed by atoms with E-state index >= 15 is 0 Å². The van der Waals surface area contributed by atoms with E-state index in [1.165, 1.54) is 10.9 Å². The molecule has 0 spiro atoms. The fourth-order valence-electron chi connectivity index (χ4n) is 1.88. The van der Waals surface area contributed by atoms with Gasteiger partial charge in [-0.15, -0.1) is 0 Å². The number of pyridine rings is 1. The van der Waals surface area contributed by atoms with E-state index in [4.69, 9.17) is 0 Å². The second kappa shape index (κ2) is 3.45. The lowest BCUT2D eigenvalue weighted by Crippen LogP contribution is -1.89. The highest BCUT2D eigenvalue weighted by Gasteiger charge is 2.05. The van der Waals surface area contributed by atoms with Gasteiger partial charge in [-0.05, 0) is 24.6 Å². The van der Waals surface area contributed by atoms with Gasteiger partial charge in [-0.3, -0.25) is 0 Å². The molecule has 3 nitrogen and oxygen atoms in total. The lowest BCUT2D eigenvalue weighted by molar-refractivity contribution is 1.24. The second-order valence-electron chi connectivity index (χ2n) is 3.78. The van der Waals surface area contributed by atoms with E-state index in [1.807, 2.05) is 24.4 Å². The monoisotopic (exact) mass is 209 g/mol. The lowest BCUT2D eigenvalue weighted by Gasteiger charge is -2.04. The Balaban J connectivity index is 2.29. The maximum atomic E-state index is 4.58. The standard InChI is InChI=1S/C13H11N3/c1-9-8-12(13-14-6-7-15-13)16-11-5-3-2-4-10(9)11/h2-8H,1H3,(H,14,15). The fraction of sp³-hybridized carbons (Fsp3) is 0.0769. The second-order valence-corrected chi connectivity index (χ2v) is 3.78. The zero-order chi connectivity index (χ0) is 11.0. The molecule has 0 atom stereocenters. The molecule has 0 fully saturated rings. The molecule has 16 heavy (non-hydrogen) atoms. The van der Waals surface area contributed by atoms with Gasteiger partial charge < -0.3 is 4.98 Å². The van der Waals surface area contributed by atoms with Gasteiger partial charge in [0.25, 0.3) is 0 Å². The first-order valence-corrected chi connectivity index (χ1v) is 5.21. The van der Waals surface area contributed by atoms with Gasteiger partial charge in [-0.25, -0.2) is 9.97 Å². The molecule has 0 unspecified atom stereocenters. The summed E-state index contributed by atoms with van der Waals surface area (Å²) in [5, 5.41) is 1.19. The summed E-state index contributed by atoms with van der Waals surface area (Å²) in [5.41, 5.74) is 3.12. The van der Waals surface area contributed by atoms with Gasteiger partial charge in [0.2, 0.25) is 0 Å². The summed E-state index contributed by atoms with van der Waals surface area (Å²) in [5.74, 6) is 0.814. The van der Waals surface area contributed by atoms with E-state index in [2.05, 4.69) is 34.0 Å². The molecule has 0 aliphatic rings. The van der Waals surface area contributed by atoms with Gasteiger partial charge in [-0.2, -0.15) is 0 Å². The van der Waals surface area contributed by atoms with Gasteiger partial charge in [0.05, 0.1) is 5.52 Å². The Morgan fingerprint density at radius 3 is 2.88 bits per heavy atom. The number of nitrogens with one attached hydrogen (secondary N) is 1. The molecule has 3 heteroatoms. The first-order valence-electron chi connectivity index (χ1n) is 5.21. The first-order chi connectivity index (χ1) is 7.84. The maximum Gasteiger partial charge on any atom is 0.156 e. The number of H-pyrrole nitrogens is 1. The molecular formula is C13H11N3. The van der Waals surface area contributed by atoms with Crippen molar-refractivity contribution < 1.29 is 0 Å². The number of aromatic nitrogens is 3. The molecule has 0 saturated heterocycles. The van der Waals surface area contributed by atoms with Crippen LogP contribution in [0.4, 0.5) is 0 Å². The number of nitrogens with zero attached hydrogens (tertiary/aromatic N) is 2. The van der Waals surface area contributed by atoms with Crippen LogP contribution in [0.15, 0.2) is 42.7 Å². The smallest absolute Gasteiger partial charge is 0.156 e. The molecule has 0 aliphatic heterocycles. The molecule has 2 aromatic heterocycles. The fourth-order valence-corrected chi connectivity index (χ4v) is 1.88. The number of aryl methyl sites for hydroxylation is 1. The van der Waals surface area contributed by atoms with Crippen LogP contribution in [-0.4, -0.2) is 15.0 Å². The van der Waals surface area contributed by atoms with Crippen molar-refractivity contribution in [2.45, 2.75) is 6.92 Å². The molecule has 0 saturated carbocycles. The number of aromatic amines is 1. The molecule has 3 rings (SSSR count). The van der Waals surface area contributed by atoms with Crippen molar-refractivity contribution in [2.75, 3.05) is 0 Å². The van der Waals surface area contributed by atoms with Gasteiger partial charge >= 0.3 is 0 Å². The Labute approximate surface area is 93.2 Å². The van der Waals surface area contributed by atoms with Crippen LogP contribution < -0.4 is 0 Å². The molecular weight excluding hydrogens is 198 g/mol. The minimum atomic E-state index is 0.814. The zero-order valence-corrected chi connectivity index (χ0v) is 8.94. The quantitative estimate of drug-likeness (QED) is 0.669. The summed E-state index contributed by atoms with van der Waals surface area (Å²) >= 11 is 0. The number of benzene rings is 1. The van der Waals surface area contributed by atoms with Crippen LogP contribution in [0.3, 0.4) is 0 Å². The first kappa shape index (κ1) is 9.09. The predicted octanol–water partition coefficient (Wildman–Crippen LogP) is 2.93. The van der Waals surface area contributed by atoms with Crippen molar-refractivity contribution in [1.82, 2.24) is 15.0 Å². The molecule has 0 bridgehead atoms. The predicted molar refractivity (Wildman–Crippen MR) is 64.1 cm³/mol. The summed E-state index contributed by atoms with van der Waals surface area (Å²) in [6.45, 7) is 2.09. The van der Waals surface area contributed by atoms with Crippen molar-refractivity contribution >= 4 is 10.9 Å². The minimum Gasteiger partial charge on any atom is -0.343 e. The van der Waals surface area contributed by atoms with Crippen LogP contribution in [0.1, 0.15) is 5.56 Å².